The molecule has 1 aliphatic heterocycles. The number of amides is 1. The van der Waals surface area contributed by atoms with Gasteiger partial charge >= 0.3 is 5.97 Å². The summed E-state index contributed by atoms with van der Waals surface area (Å²) in [5.74, 6) is -1.52. The van der Waals surface area contributed by atoms with Gasteiger partial charge in [0.05, 0.1) is 6.54 Å². The van der Waals surface area contributed by atoms with E-state index in [2.05, 4.69) is 15.5 Å². The summed E-state index contributed by atoms with van der Waals surface area (Å²) in [6, 6.07) is 5.36. The van der Waals surface area contributed by atoms with E-state index in [1.54, 1.807) is 12.1 Å². The minimum absolute atomic E-state index is 0.225. The molecule has 0 spiro atoms. The van der Waals surface area contributed by atoms with Crippen molar-refractivity contribution in [3.63, 3.8) is 0 Å². The van der Waals surface area contributed by atoms with Crippen molar-refractivity contribution in [3.8, 4) is 0 Å². The van der Waals surface area contributed by atoms with Crippen LogP contribution in [-0.4, -0.2) is 44.7 Å². The molecule has 25 heavy (non-hydrogen) atoms. The highest BCUT2D eigenvalue weighted by Crippen LogP contribution is 2.21. The second-order valence-electron chi connectivity index (χ2n) is 5.78. The summed E-state index contributed by atoms with van der Waals surface area (Å²) in [4.78, 5) is 25.2. The quantitative estimate of drug-likeness (QED) is 0.809. The van der Waals surface area contributed by atoms with Crippen LogP contribution < -0.4 is 5.32 Å². The van der Waals surface area contributed by atoms with Gasteiger partial charge in [-0.05, 0) is 37.1 Å². The van der Waals surface area contributed by atoms with E-state index >= 15 is 0 Å². The van der Waals surface area contributed by atoms with E-state index in [1.165, 1.54) is 12.1 Å². The topological polar surface area (TPSA) is 95.4 Å². The largest absolute Gasteiger partial charge is 0.480 e. The zero-order valence-electron chi connectivity index (χ0n) is 13.3. The monoisotopic (exact) mass is 364 g/mol. The van der Waals surface area contributed by atoms with Crippen molar-refractivity contribution in [1.29, 1.82) is 0 Å². The summed E-state index contributed by atoms with van der Waals surface area (Å²) in [5.41, 5.74) is 0.779. The summed E-state index contributed by atoms with van der Waals surface area (Å²) in [6.07, 6.45) is 1.46. The van der Waals surface area contributed by atoms with E-state index in [1.807, 2.05) is 4.90 Å². The van der Waals surface area contributed by atoms with Gasteiger partial charge in [0.2, 0.25) is 5.01 Å². The maximum Gasteiger partial charge on any atom is 0.320 e. The zero-order chi connectivity index (χ0) is 17.8. The molecule has 2 N–H and O–H groups in total. The molecule has 0 saturated carbocycles. The standard InChI is InChI=1S/C16H17FN4O3S/c17-11-5-3-10(4-6-11)8-18-14(22)15-20-19-13(25-15)9-21-7-1-2-12(21)16(23)24/h3-6,12H,1-2,7-9H2,(H,18,22)(H,23,24)/t12-/m0/s1. The number of nitrogens with zero attached hydrogens (tertiary/aromatic N) is 3. The Bertz CT molecular complexity index is 765. The number of hydrogen-bond acceptors (Lipinski definition) is 6. The lowest BCUT2D eigenvalue weighted by Crippen LogP contribution is -2.35. The van der Waals surface area contributed by atoms with Crippen LogP contribution in [0.3, 0.4) is 0 Å². The SMILES string of the molecule is O=C(NCc1ccc(F)cc1)c1nnc(CN2CCC[C@H]2C(=O)O)s1. The molecule has 1 amide bonds. The Morgan fingerprint density at radius 3 is 2.80 bits per heavy atom. The number of carboxylic acid groups (broad SMARTS) is 1. The molecule has 3 rings (SSSR count). The first-order chi connectivity index (χ1) is 12.0. The molecule has 132 valence electrons. The van der Waals surface area contributed by atoms with Crippen LogP contribution in [0, 0.1) is 5.82 Å². The van der Waals surface area contributed by atoms with Crippen molar-refractivity contribution in [3.05, 3.63) is 45.7 Å². The normalized spacial score (nSPS) is 17.6. The van der Waals surface area contributed by atoms with Gasteiger partial charge in [-0.2, -0.15) is 0 Å². The van der Waals surface area contributed by atoms with Crippen LogP contribution in [0.5, 0.6) is 0 Å². The zero-order valence-corrected chi connectivity index (χ0v) is 14.1. The number of aromatic nitrogens is 2. The fraction of sp³-hybridized carbons (Fsp3) is 0.375. The Morgan fingerprint density at radius 1 is 1.32 bits per heavy atom. The Balaban J connectivity index is 1.56. The number of likely N-dealkylation sites (tertiary alicyclic amines) is 1. The number of rotatable bonds is 6. The van der Waals surface area contributed by atoms with Gasteiger partial charge in [-0.15, -0.1) is 10.2 Å². The van der Waals surface area contributed by atoms with E-state index in [0.29, 0.717) is 24.5 Å². The Morgan fingerprint density at radius 2 is 2.08 bits per heavy atom. The van der Waals surface area contributed by atoms with Gasteiger partial charge in [-0.25, -0.2) is 4.39 Å². The highest BCUT2D eigenvalue weighted by Gasteiger charge is 2.31. The first kappa shape index (κ1) is 17.4. The van der Waals surface area contributed by atoms with Gasteiger partial charge in [-0.3, -0.25) is 14.5 Å². The van der Waals surface area contributed by atoms with E-state index in [4.69, 9.17) is 0 Å². The van der Waals surface area contributed by atoms with Crippen LogP contribution >= 0.6 is 11.3 Å². The lowest BCUT2D eigenvalue weighted by atomic mass is 10.2. The smallest absolute Gasteiger partial charge is 0.320 e. The van der Waals surface area contributed by atoms with Crippen LogP contribution in [-0.2, 0) is 17.9 Å². The van der Waals surface area contributed by atoms with Gasteiger partial charge < -0.3 is 10.4 Å². The van der Waals surface area contributed by atoms with Crippen LogP contribution in [0.15, 0.2) is 24.3 Å². The molecule has 1 aliphatic rings. The Labute approximate surface area is 147 Å². The number of benzene rings is 1. The maximum atomic E-state index is 12.9. The summed E-state index contributed by atoms with van der Waals surface area (Å²) >= 11 is 1.15. The average Bonchev–Trinajstić information content (AvgIpc) is 3.24. The van der Waals surface area contributed by atoms with Crippen molar-refractivity contribution in [2.75, 3.05) is 6.54 Å². The molecular formula is C16H17FN4O3S. The number of nitrogens with one attached hydrogen (secondary N) is 1. The minimum atomic E-state index is -0.834. The molecule has 0 aliphatic carbocycles. The molecule has 0 bridgehead atoms. The van der Waals surface area contributed by atoms with Crippen LogP contribution in [0.1, 0.15) is 33.2 Å². The third-order valence-corrected chi connectivity index (χ3v) is 4.92. The Hall–Kier alpha value is -2.39. The molecule has 1 aromatic carbocycles. The van der Waals surface area contributed by atoms with E-state index in [0.717, 1.165) is 23.3 Å². The van der Waals surface area contributed by atoms with Gasteiger partial charge in [0, 0.05) is 6.54 Å². The number of carbonyl (C=O) groups excluding carboxylic acids is 1. The number of carboxylic acids is 1. The first-order valence-corrected chi connectivity index (χ1v) is 8.66. The third-order valence-electron chi connectivity index (χ3n) is 4.01. The molecule has 1 fully saturated rings. The summed E-state index contributed by atoms with van der Waals surface area (Å²) in [5, 5.41) is 20.6. The van der Waals surface area contributed by atoms with Gasteiger partial charge in [0.1, 0.15) is 16.9 Å². The van der Waals surface area contributed by atoms with Crippen molar-refractivity contribution in [1.82, 2.24) is 20.4 Å². The second kappa shape index (κ2) is 7.66. The lowest BCUT2D eigenvalue weighted by molar-refractivity contribution is -0.142. The predicted octanol–water partition coefficient (Wildman–Crippen LogP) is 1.66. The molecule has 0 unspecified atom stereocenters. The van der Waals surface area contributed by atoms with Crippen molar-refractivity contribution >= 4 is 23.2 Å². The number of carbonyl (C=O) groups is 2. The second-order valence-corrected chi connectivity index (χ2v) is 6.84. The first-order valence-electron chi connectivity index (χ1n) is 7.85. The van der Waals surface area contributed by atoms with E-state index in [-0.39, 0.29) is 23.3 Å². The van der Waals surface area contributed by atoms with E-state index < -0.39 is 12.0 Å². The molecule has 1 saturated heterocycles. The molecule has 2 aromatic rings. The minimum Gasteiger partial charge on any atom is -0.480 e. The summed E-state index contributed by atoms with van der Waals surface area (Å²) < 4.78 is 12.9. The fourth-order valence-corrected chi connectivity index (χ4v) is 3.52. The van der Waals surface area contributed by atoms with Crippen LogP contribution in [0.25, 0.3) is 0 Å². The van der Waals surface area contributed by atoms with Gasteiger partial charge in [0.25, 0.3) is 5.91 Å². The van der Waals surface area contributed by atoms with Crippen molar-refractivity contribution in [2.45, 2.75) is 32.0 Å². The molecule has 1 aromatic heterocycles. The molecule has 0 radical (unpaired) electrons. The van der Waals surface area contributed by atoms with Gasteiger partial charge in [0.15, 0.2) is 0 Å². The molecule has 2 heterocycles. The molecule has 7 nitrogen and oxygen atoms in total. The number of aliphatic carboxylic acids is 1. The predicted molar refractivity (Wildman–Crippen MR) is 88.5 cm³/mol. The molecular weight excluding hydrogens is 347 g/mol. The summed E-state index contributed by atoms with van der Waals surface area (Å²) in [6.45, 7) is 1.34. The van der Waals surface area contributed by atoms with Crippen molar-refractivity contribution < 1.29 is 19.1 Å². The van der Waals surface area contributed by atoms with Crippen LogP contribution in [0.4, 0.5) is 4.39 Å². The molecule has 9 heteroatoms. The molecule has 1 atom stereocenters. The Kier molecular flexibility index (Phi) is 5.34. The van der Waals surface area contributed by atoms with Crippen molar-refractivity contribution in [2.24, 2.45) is 0 Å². The highest BCUT2D eigenvalue weighted by molar-refractivity contribution is 7.13. The number of hydrogen-bond donors (Lipinski definition) is 2. The lowest BCUT2D eigenvalue weighted by Gasteiger charge is -2.18. The average molecular weight is 364 g/mol. The highest BCUT2D eigenvalue weighted by atomic mass is 32.1. The van der Waals surface area contributed by atoms with E-state index in [9.17, 15) is 19.1 Å². The maximum absolute atomic E-state index is 12.9. The number of halogens is 1. The summed E-state index contributed by atoms with van der Waals surface area (Å²) in [7, 11) is 0. The third kappa shape index (κ3) is 4.37. The fourth-order valence-electron chi connectivity index (χ4n) is 2.74. The van der Waals surface area contributed by atoms with Crippen LogP contribution in [0.2, 0.25) is 0 Å². The van der Waals surface area contributed by atoms with Gasteiger partial charge in [-0.1, -0.05) is 23.5 Å².